The fourth-order valence-electron chi connectivity index (χ4n) is 1.32. The molecule has 1 aromatic heterocycles. The minimum Gasteiger partial charge on any atom is -0.339 e. The maximum Gasteiger partial charge on any atom is 0.144 e. The number of halogens is 1. The minimum atomic E-state index is 0.834. The summed E-state index contributed by atoms with van der Waals surface area (Å²) in [4.78, 5) is 5.50. The average Bonchev–Trinajstić information content (AvgIpc) is 2.32. The Morgan fingerprint density at radius 1 is 1.25 bits per heavy atom. The van der Waals surface area contributed by atoms with E-state index >= 15 is 0 Å². The van der Waals surface area contributed by atoms with Gasteiger partial charge in [-0.1, -0.05) is 6.07 Å². The third-order valence-corrected chi connectivity index (χ3v) is 3.46. The summed E-state index contributed by atoms with van der Waals surface area (Å²) in [6.07, 6.45) is 3.83. The number of hydrogen-bond acceptors (Lipinski definition) is 3. The second-order valence-electron chi connectivity index (χ2n) is 3.19. The van der Waals surface area contributed by atoms with Gasteiger partial charge in [0.15, 0.2) is 0 Å². The van der Waals surface area contributed by atoms with E-state index in [-0.39, 0.29) is 0 Å². The fraction of sp³-hybridized carbons (Fsp3) is 0.0833. The van der Waals surface area contributed by atoms with Gasteiger partial charge in [-0.3, -0.25) is 0 Å². The molecule has 0 saturated heterocycles. The molecule has 0 fully saturated rings. The summed E-state index contributed by atoms with van der Waals surface area (Å²) < 4.78 is 0.963. The van der Waals surface area contributed by atoms with E-state index in [9.17, 15) is 0 Å². The number of pyridine rings is 1. The molecule has 2 nitrogen and oxygen atoms in total. The largest absolute Gasteiger partial charge is 0.339 e. The maximum atomic E-state index is 4.26. The SMILES string of the molecule is CSc1cccc(Nc2ncccc2Br)c1. The molecule has 82 valence electrons. The molecule has 4 heteroatoms. The Balaban J connectivity index is 2.24. The lowest BCUT2D eigenvalue weighted by Gasteiger charge is -2.07. The van der Waals surface area contributed by atoms with Gasteiger partial charge in [0.05, 0.1) is 4.47 Å². The van der Waals surface area contributed by atoms with Crippen LogP contribution >= 0.6 is 27.7 Å². The van der Waals surface area contributed by atoms with E-state index in [2.05, 4.69) is 44.6 Å². The van der Waals surface area contributed by atoms with Crippen LogP contribution in [-0.2, 0) is 0 Å². The van der Waals surface area contributed by atoms with Crippen LogP contribution in [-0.4, -0.2) is 11.2 Å². The van der Waals surface area contributed by atoms with Gasteiger partial charge in [-0.15, -0.1) is 11.8 Å². The second-order valence-corrected chi connectivity index (χ2v) is 4.92. The quantitative estimate of drug-likeness (QED) is 0.854. The van der Waals surface area contributed by atoms with E-state index in [1.807, 2.05) is 24.3 Å². The van der Waals surface area contributed by atoms with Crippen LogP contribution < -0.4 is 5.32 Å². The highest BCUT2D eigenvalue weighted by atomic mass is 79.9. The topological polar surface area (TPSA) is 24.9 Å². The number of anilines is 2. The first-order valence-corrected chi connectivity index (χ1v) is 6.83. The van der Waals surface area contributed by atoms with Crippen molar-refractivity contribution in [1.29, 1.82) is 0 Å². The zero-order valence-electron chi connectivity index (χ0n) is 8.77. The van der Waals surface area contributed by atoms with E-state index in [0.29, 0.717) is 0 Å². The lowest BCUT2D eigenvalue weighted by atomic mass is 10.3. The monoisotopic (exact) mass is 294 g/mol. The smallest absolute Gasteiger partial charge is 0.144 e. The van der Waals surface area contributed by atoms with Gasteiger partial charge in [-0.2, -0.15) is 0 Å². The molecule has 2 rings (SSSR count). The third-order valence-electron chi connectivity index (χ3n) is 2.09. The molecule has 0 radical (unpaired) electrons. The van der Waals surface area contributed by atoms with E-state index in [1.54, 1.807) is 18.0 Å². The van der Waals surface area contributed by atoms with Gasteiger partial charge in [-0.05, 0) is 52.5 Å². The number of hydrogen-bond donors (Lipinski definition) is 1. The van der Waals surface area contributed by atoms with Crippen LogP contribution in [0.2, 0.25) is 0 Å². The Hall–Kier alpha value is -1.00. The Kier molecular flexibility index (Phi) is 3.85. The Morgan fingerprint density at radius 3 is 2.88 bits per heavy atom. The molecule has 0 aliphatic heterocycles. The standard InChI is InChI=1S/C12H11BrN2S/c1-16-10-5-2-4-9(8-10)15-12-11(13)6-3-7-14-12/h2-8H,1H3,(H,14,15). The van der Waals surface area contributed by atoms with Gasteiger partial charge >= 0.3 is 0 Å². The van der Waals surface area contributed by atoms with Crippen molar-refractivity contribution in [2.24, 2.45) is 0 Å². The maximum absolute atomic E-state index is 4.26. The molecule has 0 saturated carbocycles. The summed E-state index contributed by atoms with van der Waals surface area (Å²) in [5.74, 6) is 0.834. The van der Waals surface area contributed by atoms with Crippen molar-refractivity contribution in [3.05, 3.63) is 47.1 Å². The molecular formula is C12H11BrN2S. The molecule has 0 aliphatic carbocycles. The first-order valence-electron chi connectivity index (χ1n) is 4.81. The number of rotatable bonds is 3. The molecule has 0 atom stereocenters. The molecule has 0 spiro atoms. The molecule has 1 N–H and O–H groups in total. The first-order chi connectivity index (χ1) is 7.79. The van der Waals surface area contributed by atoms with Gasteiger partial charge in [0.1, 0.15) is 5.82 Å². The van der Waals surface area contributed by atoms with E-state index in [0.717, 1.165) is 16.0 Å². The van der Waals surface area contributed by atoms with Crippen molar-refractivity contribution in [2.45, 2.75) is 4.90 Å². The lowest BCUT2D eigenvalue weighted by Crippen LogP contribution is -1.93. The minimum absolute atomic E-state index is 0.834. The highest BCUT2D eigenvalue weighted by Crippen LogP contribution is 2.25. The number of nitrogens with zero attached hydrogens (tertiary/aromatic N) is 1. The third kappa shape index (κ3) is 2.77. The first kappa shape index (κ1) is 11.5. The van der Waals surface area contributed by atoms with Crippen LogP contribution in [0.1, 0.15) is 0 Å². The summed E-state index contributed by atoms with van der Waals surface area (Å²) in [6, 6.07) is 12.1. The molecule has 0 aliphatic rings. The normalized spacial score (nSPS) is 10.1. The van der Waals surface area contributed by atoms with Gasteiger partial charge in [0, 0.05) is 16.8 Å². The number of nitrogens with one attached hydrogen (secondary N) is 1. The molecule has 1 aromatic carbocycles. The van der Waals surface area contributed by atoms with Crippen molar-refractivity contribution in [3.8, 4) is 0 Å². The molecule has 2 aromatic rings. The van der Waals surface area contributed by atoms with Crippen LogP contribution in [0, 0.1) is 0 Å². The highest BCUT2D eigenvalue weighted by Gasteiger charge is 2.00. The lowest BCUT2D eigenvalue weighted by molar-refractivity contribution is 1.28. The summed E-state index contributed by atoms with van der Waals surface area (Å²) in [6.45, 7) is 0. The molecule has 0 bridgehead atoms. The average molecular weight is 295 g/mol. The Labute approximate surface area is 108 Å². The van der Waals surface area contributed by atoms with Crippen molar-refractivity contribution in [2.75, 3.05) is 11.6 Å². The second kappa shape index (κ2) is 5.37. The predicted octanol–water partition coefficient (Wildman–Crippen LogP) is 4.31. The van der Waals surface area contributed by atoms with Crippen LogP contribution in [0.4, 0.5) is 11.5 Å². The summed E-state index contributed by atoms with van der Waals surface area (Å²) in [5.41, 5.74) is 1.05. The Bertz CT molecular complexity index is 488. The van der Waals surface area contributed by atoms with Gasteiger partial charge in [-0.25, -0.2) is 4.98 Å². The van der Waals surface area contributed by atoms with Gasteiger partial charge < -0.3 is 5.32 Å². The number of aromatic nitrogens is 1. The molecular weight excluding hydrogens is 284 g/mol. The van der Waals surface area contributed by atoms with Gasteiger partial charge in [0.25, 0.3) is 0 Å². The molecule has 1 heterocycles. The van der Waals surface area contributed by atoms with Crippen molar-refractivity contribution < 1.29 is 0 Å². The zero-order valence-corrected chi connectivity index (χ0v) is 11.2. The zero-order chi connectivity index (χ0) is 11.4. The van der Waals surface area contributed by atoms with Crippen molar-refractivity contribution in [1.82, 2.24) is 4.98 Å². The van der Waals surface area contributed by atoms with Crippen molar-refractivity contribution >= 4 is 39.2 Å². The van der Waals surface area contributed by atoms with Crippen LogP contribution in [0.15, 0.2) is 52.0 Å². The van der Waals surface area contributed by atoms with Gasteiger partial charge in [0.2, 0.25) is 0 Å². The van der Waals surface area contributed by atoms with Crippen LogP contribution in [0.5, 0.6) is 0 Å². The predicted molar refractivity (Wildman–Crippen MR) is 73.4 cm³/mol. The molecule has 0 amide bonds. The summed E-state index contributed by atoms with van der Waals surface area (Å²) >= 11 is 5.18. The highest BCUT2D eigenvalue weighted by molar-refractivity contribution is 9.10. The fourth-order valence-corrected chi connectivity index (χ4v) is 2.13. The number of benzene rings is 1. The van der Waals surface area contributed by atoms with E-state index in [4.69, 9.17) is 0 Å². The summed E-state index contributed by atoms with van der Waals surface area (Å²) in [7, 11) is 0. The Morgan fingerprint density at radius 2 is 2.12 bits per heavy atom. The summed E-state index contributed by atoms with van der Waals surface area (Å²) in [5, 5.41) is 3.28. The van der Waals surface area contributed by atoms with E-state index in [1.165, 1.54) is 4.90 Å². The molecule has 0 unspecified atom stereocenters. The molecule has 16 heavy (non-hydrogen) atoms. The van der Waals surface area contributed by atoms with Crippen molar-refractivity contribution in [3.63, 3.8) is 0 Å². The van der Waals surface area contributed by atoms with E-state index < -0.39 is 0 Å². The van der Waals surface area contributed by atoms with Crippen LogP contribution in [0.25, 0.3) is 0 Å². The number of thioether (sulfide) groups is 1. The van der Waals surface area contributed by atoms with Crippen LogP contribution in [0.3, 0.4) is 0 Å².